The Morgan fingerprint density at radius 3 is 2.68 bits per heavy atom. The number of hydrogen-bond donors (Lipinski definition) is 0. The molecular formula is C23H23ClN2O4S. The van der Waals surface area contributed by atoms with Crippen molar-refractivity contribution in [1.29, 1.82) is 0 Å². The van der Waals surface area contributed by atoms with Crippen LogP contribution >= 0.6 is 22.9 Å². The smallest absolute Gasteiger partial charge is 0.296 e. The van der Waals surface area contributed by atoms with E-state index in [2.05, 4.69) is 4.98 Å². The summed E-state index contributed by atoms with van der Waals surface area (Å²) < 4.78 is 11.9. The van der Waals surface area contributed by atoms with Crippen LogP contribution in [0.3, 0.4) is 0 Å². The average Bonchev–Trinajstić information content (AvgIpc) is 3.36. The van der Waals surface area contributed by atoms with E-state index in [0.717, 1.165) is 17.7 Å². The van der Waals surface area contributed by atoms with E-state index >= 15 is 0 Å². The van der Waals surface area contributed by atoms with Crippen molar-refractivity contribution >= 4 is 39.8 Å². The predicted octanol–water partition coefficient (Wildman–Crippen LogP) is 4.65. The van der Waals surface area contributed by atoms with Crippen molar-refractivity contribution in [2.45, 2.75) is 56.7 Å². The summed E-state index contributed by atoms with van der Waals surface area (Å²) in [4.78, 5) is 33.0. The summed E-state index contributed by atoms with van der Waals surface area (Å²) in [5.41, 5.74) is 1.24. The molecule has 3 heterocycles. The highest BCUT2D eigenvalue weighted by atomic mass is 35.5. The van der Waals surface area contributed by atoms with Gasteiger partial charge < -0.3 is 9.47 Å². The number of carbonyl (C=O) groups excluding carboxylic acids is 2. The number of nitrogens with zero attached hydrogens (tertiary/aromatic N) is 2. The third-order valence-electron chi connectivity index (χ3n) is 5.98. The van der Waals surface area contributed by atoms with Crippen LogP contribution < -0.4 is 9.64 Å². The van der Waals surface area contributed by atoms with Crippen molar-refractivity contribution in [3.8, 4) is 5.75 Å². The number of thiazole rings is 1. The second-order valence-electron chi connectivity index (χ2n) is 8.41. The molecule has 0 spiro atoms. The van der Waals surface area contributed by atoms with Crippen LogP contribution in [-0.2, 0) is 14.3 Å². The van der Waals surface area contributed by atoms with E-state index in [-0.39, 0.29) is 41.0 Å². The van der Waals surface area contributed by atoms with Crippen LogP contribution in [0.1, 0.15) is 44.7 Å². The number of ketones is 1. The molecule has 4 unspecified atom stereocenters. The van der Waals surface area contributed by atoms with Crippen molar-refractivity contribution in [3.63, 3.8) is 0 Å². The van der Waals surface area contributed by atoms with Gasteiger partial charge in [-0.3, -0.25) is 14.5 Å². The van der Waals surface area contributed by atoms with Crippen LogP contribution in [-0.4, -0.2) is 34.3 Å². The van der Waals surface area contributed by atoms with Gasteiger partial charge in [-0.2, -0.15) is 0 Å². The summed E-state index contributed by atoms with van der Waals surface area (Å²) in [6, 6.07) is 6.95. The van der Waals surface area contributed by atoms with Crippen LogP contribution in [0, 0.1) is 5.92 Å². The topological polar surface area (TPSA) is 68.7 Å². The van der Waals surface area contributed by atoms with Gasteiger partial charge in [0, 0.05) is 17.0 Å². The molecule has 2 aromatic rings. The summed E-state index contributed by atoms with van der Waals surface area (Å²) in [5.74, 6) is 0.252. The zero-order valence-corrected chi connectivity index (χ0v) is 18.9. The van der Waals surface area contributed by atoms with E-state index in [9.17, 15) is 9.59 Å². The number of carbonyl (C=O) groups is 2. The molecule has 0 radical (unpaired) electrons. The standard InChI is InChI=1S/C23H23ClN2O4S/c1-12(2)29-15-6-3-13(4-7-15)19-18-20(27)16-11-14(24)5-8-17(16)30-21(18)22(28)26(19)23-25-9-10-31-23/h3-4,6-7,9-10,12,14,16-17,19H,5,8,11H2,1-2H3. The van der Waals surface area contributed by atoms with Crippen molar-refractivity contribution < 1.29 is 19.1 Å². The number of ether oxygens (including phenoxy) is 2. The Hall–Kier alpha value is -2.38. The van der Waals surface area contributed by atoms with Crippen LogP contribution in [0.5, 0.6) is 5.75 Å². The first kappa shape index (κ1) is 20.5. The highest BCUT2D eigenvalue weighted by Gasteiger charge is 2.53. The molecule has 162 valence electrons. The van der Waals surface area contributed by atoms with Gasteiger partial charge >= 0.3 is 0 Å². The molecule has 1 aliphatic carbocycles. The Labute approximate surface area is 189 Å². The van der Waals surface area contributed by atoms with Gasteiger partial charge in [0.25, 0.3) is 5.91 Å². The summed E-state index contributed by atoms with van der Waals surface area (Å²) in [7, 11) is 0. The lowest BCUT2D eigenvalue weighted by atomic mass is 9.77. The first-order chi connectivity index (χ1) is 14.9. The molecule has 31 heavy (non-hydrogen) atoms. The third kappa shape index (κ3) is 3.53. The average molecular weight is 459 g/mol. The fourth-order valence-electron chi connectivity index (χ4n) is 4.66. The SMILES string of the molecule is CC(C)Oc1ccc(C2C3=C(OC4CCC(Cl)CC4C3=O)C(=O)N2c2nccs2)cc1. The van der Waals surface area contributed by atoms with Crippen LogP contribution in [0.25, 0.3) is 0 Å². The van der Waals surface area contributed by atoms with Crippen LogP contribution in [0.15, 0.2) is 47.2 Å². The number of amides is 1. The van der Waals surface area contributed by atoms with Crippen LogP contribution in [0.4, 0.5) is 5.13 Å². The Bertz CT molecular complexity index is 1030. The zero-order chi connectivity index (χ0) is 21.7. The minimum Gasteiger partial charge on any atom is -0.491 e. The number of hydrogen-bond acceptors (Lipinski definition) is 6. The number of rotatable bonds is 4. The van der Waals surface area contributed by atoms with Crippen molar-refractivity contribution in [1.82, 2.24) is 4.98 Å². The first-order valence-corrected chi connectivity index (χ1v) is 11.8. The Morgan fingerprint density at radius 2 is 2.00 bits per heavy atom. The van der Waals surface area contributed by atoms with Gasteiger partial charge in [-0.1, -0.05) is 12.1 Å². The van der Waals surface area contributed by atoms with Gasteiger partial charge in [-0.25, -0.2) is 4.98 Å². The number of anilines is 1. The molecule has 1 amide bonds. The third-order valence-corrected chi connectivity index (χ3v) is 7.14. The maximum atomic E-state index is 13.6. The summed E-state index contributed by atoms with van der Waals surface area (Å²) in [6.45, 7) is 3.93. The van der Waals surface area contributed by atoms with Crippen LogP contribution in [0.2, 0.25) is 0 Å². The van der Waals surface area contributed by atoms with Gasteiger partial charge in [0.2, 0.25) is 0 Å². The van der Waals surface area contributed by atoms with E-state index < -0.39 is 6.04 Å². The summed E-state index contributed by atoms with van der Waals surface area (Å²) in [6.07, 6.45) is 3.45. The molecule has 0 saturated heterocycles. The highest BCUT2D eigenvalue weighted by Crippen LogP contribution is 2.49. The molecule has 1 fully saturated rings. The number of fused-ring (bicyclic) bond motifs is 1. The molecule has 1 saturated carbocycles. The Morgan fingerprint density at radius 1 is 1.23 bits per heavy atom. The lowest BCUT2D eigenvalue weighted by Crippen LogP contribution is -2.41. The number of aromatic nitrogens is 1. The van der Waals surface area contributed by atoms with E-state index in [4.69, 9.17) is 21.1 Å². The molecule has 1 aromatic carbocycles. The molecular weight excluding hydrogens is 436 g/mol. The van der Waals surface area contributed by atoms with Gasteiger partial charge in [-0.05, 0) is 50.8 Å². The fourth-order valence-corrected chi connectivity index (χ4v) is 5.65. The van der Waals surface area contributed by atoms with Gasteiger partial charge in [-0.15, -0.1) is 22.9 Å². The van der Waals surface area contributed by atoms with Crippen molar-refractivity contribution in [2.24, 2.45) is 5.92 Å². The summed E-state index contributed by atoms with van der Waals surface area (Å²) in [5, 5.41) is 2.31. The lowest BCUT2D eigenvalue weighted by molar-refractivity contribution is -0.131. The maximum absolute atomic E-state index is 13.6. The fraction of sp³-hybridized carbons (Fsp3) is 0.435. The molecule has 1 aromatic heterocycles. The van der Waals surface area contributed by atoms with Gasteiger partial charge in [0.15, 0.2) is 16.7 Å². The Balaban J connectivity index is 1.58. The Kier molecular flexibility index (Phi) is 5.26. The normalized spacial score (nSPS) is 27.9. The first-order valence-electron chi connectivity index (χ1n) is 10.5. The van der Waals surface area contributed by atoms with Crippen molar-refractivity contribution in [3.05, 3.63) is 52.7 Å². The largest absolute Gasteiger partial charge is 0.491 e. The van der Waals surface area contributed by atoms with E-state index in [1.54, 1.807) is 11.1 Å². The number of benzene rings is 1. The molecule has 6 nitrogen and oxygen atoms in total. The summed E-state index contributed by atoms with van der Waals surface area (Å²) >= 11 is 7.73. The second-order valence-corrected chi connectivity index (χ2v) is 9.90. The van der Waals surface area contributed by atoms with Gasteiger partial charge in [0.05, 0.1) is 23.6 Å². The van der Waals surface area contributed by atoms with E-state index in [1.165, 1.54) is 11.3 Å². The zero-order valence-electron chi connectivity index (χ0n) is 17.3. The van der Waals surface area contributed by atoms with Crippen molar-refractivity contribution in [2.75, 3.05) is 4.90 Å². The predicted molar refractivity (Wildman–Crippen MR) is 118 cm³/mol. The van der Waals surface area contributed by atoms with E-state index in [0.29, 0.717) is 23.5 Å². The second kappa shape index (κ2) is 7.95. The quantitative estimate of drug-likeness (QED) is 0.624. The molecule has 0 bridgehead atoms. The maximum Gasteiger partial charge on any atom is 0.296 e. The lowest BCUT2D eigenvalue weighted by Gasteiger charge is -2.37. The molecule has 5 rings (SSSR count). The minimum absolute atomic E-state index is 0.0310. The number of halogens is 1. The number of alkyl halides is 1. The highest BCUT2D eigenvalue weighted by molar-refractivity contribution is 7.13. The number of Topliss-reactive ketones (excluding diaryl/α,β-unsaturated/α-hetero) is 1. The molecule has 2 aliphatic heterocycles. The van der Waals surface area contributed by atoms with Gasteiger partial charge in [0.1, 0.15) is 11.9 Å². The molecule has 0 N–H and O–H groups in total. The minimum atomic E-state index is -0.578. The van der Waals surface area contributed by atoms with E-state index in [1.807, 2.05) is 43.5 Å². The monoisotopic (exact) mass is 458 g/mol. The molecule has 8 heteroatoms. The molecule has 3 aliphatic rings. The molecule has 4 atom stereocenters.